The zero-order valence-electron chi connectivity index (χ0n) is 83.2. The van der Waals surface area contributed by atoms with Crippen molar-refractivity contribution in [3.63, 3.8) is 0 Å². The van der Waals surface area contributed by atoms with E-state index in [1.54, 1.807) is 0 Å². The van der Waals surface area contributed by atoms with E-state index >= 15 is 0 Å². The third kappa shape index (κ3) is 25.8. The van der Waals surface area contributed by atoms with Crippen molar-refractivity contribution in [1.29, 1.82) is 0 Å². The molecule has 0 unspecified atom stereocenters. The summed E-state index contributed by atoms with van der Waals surface area (Å²) in [6.45, 7) is 19.3. The highest BCUT2D eigenvalue weighted by Crippen LogP contribution is 2.37. The van der Waals surface area contributed by atoms with E-state index < -0.39 is 0 Å². The first-order chi connectivity index (χ1) is 70.1. The quantitative estimate of drug-likeness (QED) is 0.133. The first kappa shape index (κ1) is 97.2. The van der Waals surface area contributed by atoms with Gasteiger partial charge in [0.2, 0.25) is 0 Å². The summed E-state index contributed by atoms with van der Waals surface area (Å²) in [6.07, 6.45) is 0. The van der Waals surface area contributed by atoms with Gasteiger partial charge in [0.05, 0.1) is 0 Å². The Kier molecular flexibility index (Phi) is 32.8. The van der Waals surface area contributed by atoms with Crippen molar-refractivity contribution in [3.05, 3.63) is 614 Å². The van der Waals surface area contributed by atoms with E-state index in [0.717, 1.165) is 0 Å². The smallest absolute Gasteiger partial charge is 0.0103 e. The Balaban J connectivity index is 0.000000112. The van der Waals surface area contributed by atoms with Crippen LogP contribution in [0.25, 0.3) is 175 Å². The molecule has 0 saturated heterocycles. The summed E-state index contributed by atoms with van der Waals surface area (Å²) in [5.41, 5.74) is 32.2. The average Bonchev–Trinajstić information content (AvgIpc) is 0.771. The molecule has 0 N–H and O–H groups in total. The fourth-order valence-corrected chi connectivity index (χ4v) is 18.6. The molecule has 0 spiro atoms. The van der Waals surface area contributed by atoms with Crippen LogP contribution in [0, 0.1) is 62.3 Å². The van der Waals surface area contributed by atoms with Gasteiger partial charge in [0.25, 0.3) is 0 Å². The molecule has 0 nitrogen and oxygen atoms in total. The van der Waals surface area contributed by atoms with Crippen molar-refractivity contribution in [3.8, 4) is 89.0 Å². The lowest BCUT2D eigenvalue weighted by Crippen LogP contribution is -1.86. The summed E-state index contributed by atoms with van der Waals surface area (Å²) in [4.78, 5) is 0. The molecular weight excluding hydrogens is 1720 g/mol. The number of hydrogen-bond acceptors (Lipinski definition) is 0. The number of benzene rings is 25. The lowest BCUT2D eigenvalue weighted by atomic mass is 9.93. The summed E-state index contributed by atoms with van der Waals surface area (Å²) in [5.74, 6) is 0. The summed E-state index contributed by atoms with van der Waals surface area (Å²) >= 11 is 0. The highest BCUT2D eigenvalue weighted by Gasteiger charge is 2.12. The van der Waals surface area contributed by atoms with Crippen molar-refractivity contribution in [2.45, 2.75) is 62.3 Å². The SMILES string of the molecule is Cc1cc(-c2ccccc2)cc(-c2ccccc2)c1.Cc1cc2ccccc2c2ccccc12.Cc1ccc(-c2cc(-c3ccccc3)cc(-c3ccccc3)c2)cc1.Cc1ccc(-c2ccccc2)cc1-c1ccccc1.Cc1ccc2c(ccc3ccccc32)c1.Cc1ccc2ccc3ccccc3c2c1.Cc1ccc2ccccc2c1.Cc1cccc2ccccc12.Cc1ccccc1-c1ccccc1. The molecule has 0 aliphatic carbocycles. The van der Waals surface area contributed by atoms with Gasteiger partial charge < -0.3 is 0 Å². The van der Waals surface area contributed by atoms with Gasteiger partial charge in [0.15, 0.2) is 0 Å². The molecule has 0 atom stereocenters. The van der Waals surface area contributed by atoms with E-state index in [9.17, 15) is 0 Å². The maximum atomic E-state index is 2.28. The zero-order chi connectivity index (χ0) is 98.4. The second-order valence-corrected chi connectivity index (χ2v) is 36.8. The molecule has 143 heavy (non-hydrogen) atoms. The van der Waals surface area contributed by atoms with Gasteiger partial charge in [-0.15, -0.1) is 0 Å². The standard InChI is InChI=1S/C25H20.2C19H16.3C15H12.C13H12.2C11H10/c1-19-12-14-22(15-13-19)25-17-23(20-8-4-2-5-9-20)16-24(18-25)21-10-6-3-7-11-21;1-15-12-18(16-8-4-2-5-9-16)14-19(13-15)17-10-6-3-7-11-17;1-15-12-13-18(16-8-4-2-5-9-16)14-19(15)17-10-6-3-7-11-17;1-11-10-12-6-2-3-8-14(12)15-9-5-4-7-13(11)15;1-11-6-9-15-13(10-11)8-7-12-4-2-3-5-14(12)15;1-11-6-7-13-9-8-12-4-2-3-5-14(12)15(13)10-11;1-11-7-5-6-10-13(11)12-8-3-2-4-9-12;1-9-5-4-7-10-6-2-3-8-11(9)10;1-9-6-7-10-4-2-3-5-11(10)8-9/h2-18H,1H3;2*2-14H,1H3;3*2-10H,1H3;2-10H,1H3;2*2-8H,1H3. The van der Waals surface area contributed by atoms with E-state index in [1.165, 1.54) is 225 Å². The van der Waals surface area contributed by atoms with E-state index in [2.05, 4.69) is 620 Å². The number of rotatable bonds is 8. The summed E-state index contributed by atoms with van der Waals surface area (Å²) < 4.78 is 0. The summed E-state index contributed by atoms with van der Waals surface area (Å²) in [6, 6.07) is 199. The summed E-state index contributed by atoms with van der Waals surface area (Å²) in [7, 11) is 0. The van der Waals surface area contributed by atoms with Crippen LogP contribution in [0.5, 0.6) is 0 Å². The van der Waals surface area contributed by atoms with Crippen LogP contribution in [-0.4, -0.2) is 0 Å². The van der Waals surface area contributed by atoms with E-state index in [4.69, 9.17) is 0 Å². The molecule has 0 aliphatic rings. The Morgan fingerprint density at radius 2 is 0.371 bits per heavy atom. The van der Waals surface area contributed by atoms with Crippen LogP contribution in [0.3, 0.4) is 0 Å². The van der Waals surface area contributed by atoms with Crippen molar-refractivity contribution < 1.29 is 0 Å². The van der Waals surface area contributed by atoms with Crippen LogP contribution >= 0.6 is 0 Å². The normalized spacial score (nSPS) is 10.6. The largest absolute Gasteiger partial charge is 0.0622 e. The molecule has 0 heterocycles. The maximum Gasteiger partial charge on any atom is -0.0103 e. The second kappa shape index (κ2) is 48.2. The lowest BCUT2D eigenvalue weighted by molar-refractivity contribution is 1.45. The van der Waals surface area contributed by atoms with Gasteiger partial charge in [-0.2, -0.15) is 0 Å². The van der Waals surface area contributed by atoms with E-state index in [-0.39, 0.29) is 0 Å². The molecule has 0 radical (unpaired) electrons. The van der Waals surface area contributed by atoms with Gasteiger partial charge >= 0.3 is 0 Å². The number of fused-ring (bicyclic) bond motifs is 11. The van der Waals surface area contributed by atoms with Crippen LogP contribution in [-0.2, 0) is 0 Å². The van der Waals surface area contributed by atoms with Gasteiger partial charge in [-0.3, -0.25) is 0 Å². The molecule has 25 rings (SSSR count). The maximum absolute atomic E-state index is 2.28. The molecule has 0 aromatic heterocycles. The first-order valence-corrected chi connectivity index (χ1v) is 49.5. The topological polar surface area (TPSA) is 0 Å². The Morgan fingerprint density at radius 1 is 0.0909 bits per heavy atom. The van der Waals surface area contributed by atoms with Crippen molar-refractivity contribution >= 4 is 86.2 Å². The Labute approximate surface area is 845 Å². The molecule has 0 fully saturated rings. The zero-order valence-corrected chi connectivity index (χ0v) is 83.2. The molecule has 0 saturated carbocycles. The lowest BCUT2D eigenvalue weighted by Gasteiger charge is -2.11. The predicted molar refractivity (Wildman–Crippen MR) is 624 cm³/mol. The van der Waals surface area contributed by atoms with Gasteiger partial charge in [-0.25, -0.2) is 0 Å². The average molecular weight is 1840 g/mol. The molecule has 0 heteroatoms. The fourth-order valence-electron chi connectivity index (χ4n) is 18.6. The molecule has 0 bridgehead atoms. The van der Waals surface area contributed by atoms with Crippen LogP contribution < -0.4 is 0 Å². The fraction of sp³-hybridized carbons (Fsp3) is 0.0629. The molecule has 692 valence electrons. The van der Waals surface area contributed by atoms with Gasteiger partial charge in [0.1, 0.15) is 0 Å². The number of hydrogen-bond donors (Lipinski definition) is 0. The van der Waals surface area contributed by atoms with Crippen molar-refractivity contribution in [2.75, 3.05) is 0 Å². The van der Waals surface area contributed by atoms with E-state index in [1.807, 2.05) is 6.07 Å². The Hall–Kier alpha value is -17.4. The highest BCUT2D eigenvalue weighted by atomic mass is 14.2. The highest BCUT2D eigenvalue weighted by molar-refractivity contribution is 6.10. The van der Waals surface area contributed by atoms with Crippen LogP contribution in [0.1, 0.15) is 50.1 Å². The van der Waals surface area contributed by atoms with Gasteiger partial charge in [-0.05, 0) is 296 Å². The molecule has 25 aromatic carbocycles. The monoisotopic (exact) mass is 1840 g/mol. The van der Waals surface area contributed by atoms with Crippen LogP contribution in [0.2, 0.25) is 0 Å². The Bertz CT molecular complexity index is 8340. The Morgan fingerprint density at radius 3 is 0.860 bits per heavy atom. The van der Waals surface area contributed by atoms with Crippen molar-refractivity contribution in [1.82, 2.24) is 0 Å². The van der Waals surface area contributed by atoms with Crippen LogP contribution in [0.4, 0.5) is 0 Å². The summed E-state index contributed by atoms with van der Waals surface area (Å²) in [5, 5.41) is 21.4. The van der Waals surface area contributed by atoms with Crippen LogP contribution in [0.15, 0.2) is 564 Å². The van der Waals surface area contributed by atoms with Gasteiger partial charge in [-0.1, -0.05) is 556 Å². The number of aryl methyl sites for hydroxylation is 9. The first-order valence-electron chi connectivity index (χ1n) is 49.5. The van der Waals surface area contributed by atoms with Gasteiger partial charge in [0, 0.05) is 0 Å². The predicted octanol–water partition coefficient (Wildman–Crippen LogP) is 40.5. The minimum atomic E-state index is 1.24. The van der Waals surface area contributed by atoms with E-state index in [0.29, 0.717) is 0 Å². The third-order valence-corrected chi connectivity index (χ3v) is 26.2. The third-order valence-electron chi connectivity index (χ3n) is 26.2. The van der Waals surface area contributed by atoms with Crippen molar-refractivity contribution in [2.24, 2.45) is 0 Å². The molecular formula is C143H120. The minimum absolute atomic E-state index is 1.24. The molecule has 25 aromatic rings. The second-order valence-electron chi connectivity index (χ2n) is 36.8. The minimum Gasteiger partial charge on any atom is -0.0622 e. The molecule has 0 amide bonds. The molecule has 0 aliphatic heterocycles.